The average Bonchev–Trinajstić information content (AvgIpc) is 3.34. The van der Waals surface area contributed by atoms with Crippen LogP contribution < -0.4 is 4.90 Å². The van der Waals surface area contributed by atoms with Crippen LogP contribution in [0.2, 0.25) is 0 Å². The highest BCUT2D eigenvalue weighted by atomic mass is 32.2. The van der Waals surface area contributed by atoms with Crippen molar-refractivity contribution in [1.82, 2.24) is 19.7 Å². The van der Waals surface area contributed by atoms with Gasteiger partial charge in [-0.05, 0) is 25.1 Å². The molecule has 1 aliphatic heterocycles. The zero-order chi connectivity index (χ0) is 18.6. The van der Waals surface area contributed by atoms with Crippen molar-refractivity contribution in [2.75, 3.05) is 31.2 Å². The fourth-order valence-corrected chi connectivity index (χ4v) is 3.80. The third-order valence-electron chi connectivity index (χ3n) is 4.28. The maximum atomic E-state index is 13.4. The largest absolute Gasteiger partial charge is 0.444 e. The van der Waals surface area contributed by atoms with Crippen LogP contribution in [0, 0.1) is 5.82 Å². The van der Waals surface area contributed by atoms with Gasteiger partial charge in [-0.3, -0.25) is 4.57 Å². The van der Waals surface area contributed by atoms with Crippen molar-refractivity contribution in [3.8, 4) is 11.5 Å². The zero-order valence-electron chi connectivity index (χ0n) is 15.0. The zero-order valence-corrected chi connectivity index (χ0v) is 15.8. The molecule has 142 valence electrons. The highest BCUT2D eigenvalue weighted by Gasteiger charge is 2.20. The van der Waals surface area contributed by atoms with Crippen LogP contribution in [0.5, 0.6) is 0 Å². The van der Waals surface area contributed by atoms with Crippen LogP contribution >= 0.6 is 11.8 Å². The van der Waals surface area contributed by atoms with Crippen molar-refractivity contribution in [3.63, 3.8) is 0 Å². The monoisotopic (exact) mass is 389 g/mol. The molecule has 1 saturated heterocycles. The van der Waals surface area contributed by atoms with Gasteiger partial charge in [0.1, 0.15) is 12.1 Å². The molecule has 0 bridgehead atoms. The van der Waals surface area contributed by atoms with Crippen molar-refractivity contribution in [2.24, 2.45) is 0 Å². The van der Waals surface area contributed by atoms with E-state index in [-0.39, 0.29) is 5.82 Å². The second-order valence-electron chi connectivity index (χ2n) is 6.07. The maximum Gasteiger partial charge on any atom is 0.228 e. The van der Waals surface area contributed by atoms with E-state index in [1.54, 1.807) is 30.2 Å². The number of nitrogens with zero attached hydrogens (tertiary/aromatic N) is 5. The van der Waals surface area contributed by atoms with E-state index in [0.717, 1.165) is 36.4 Å². The first kappa shape index (κ1) is 18.0. The predicted molar refractivity (Wildman–Crippen MR) is 100 cm³/mol. The molecular formula is C18H20FN5O2S. The Balaban J connectivity index is 1.45. The van der Waals surface area contributed by atoms with Crippen molar-refractivity contribution in [2.45, 2.75) is 24.4 Å². The molecule has 0 saturated carbocycles. The molecule has 1 aliphatic rings. The van der Waals surface area contributed by atoms with Gasteiger partial charge in [0.05, 0.1) is 18.9 Å². The van der Waals surface area contributed by atoms with Crippen LogP contribution in [0.1, 0.15) is 12.6 Å². The Morgan fingerprint density at radius 2 is 2.07 bits per heavy atom. The number of hydrogen-bond acceptors (Lipinski definition) is 7. The quantitative estimate of drug-likeness (QED) is 0.600. The van der Waals surface area contributed by atoms with Crippen molar-refractivity contribution < 1.29 is 13.5 Å². The molecule has 1 fully saturated rings. The number of hydrogen-bond donors (Lipinski definition) is 0. The number of oxazole rings is 1. The minimum Gasteiger partial charge on any atom is -0.444 e. The lowest BCUT2D eigenvalue weighted by Crippen LogP contribution is -2.38. The van der Waals surface area contributed by atoms with Gasteiger partial charge in [0.25, 0.3) is 0 Å². The second kappa shape index (κ2) is 8.10. The third-order valence-corrected chi connectivity index (χ3v) is 5.28. The summed E-state index contributed by atoms with van der Waals surface area (Å²) in [5.74, 6) is 1.58. The summed E-state index contributed by atoms with van der Waals surface area (Å²) in [5, 5.41) is 9.54. The summed E-state index contributed by atoms with van der Waals surface area (Å²) in [7, 11) is 0. The molecule has 0 atom stereocenters. The lowest BCUT2D eigenvalue weighted by Gasteiger charge is -2.27. The average molecular weight is 389 g/mol. The smallest absolute Gasteiger partial charge is 0.228 e. The van der Waals surface area contributed by atoms with Gasteiger partial charge in [0.2, 0.25) is 11.8 Å². The molecule has 0 aliphatic carbocycles. The number of anilines is 1. The molecule has 0 spiro atoms. The Morgan fingerprint density at radius 1 is 1.22 bits per heavy atom. The molecule has 0 radical (unpaired) electrons. The highest BCUT2D eigenvalue weighted by Crippen LogP contribution is 2.27. The molecule has 3 aromatic rings. The molecule has 0 N–H and O–H groups in total. The number of halogens is 1. The van der Waals surface area contributed by atoms with Gasteiger partial charge in [-0.15, -0.1) is 10.2 Å². The Bertz CT molecular complexity index is 907. The second-order valence-corrected chi connectivity index (χ2v) is 7.01. The summed E-state index contributed by atoms with van der Waals surface area (Å²) in [6.45, 7) is 5.93. The van der Waals surface area contributed by atoms with Crippen LogP contribution in [0.15, 0.2) is 40.1 Å². The number of benzene rings is 1. The van der Waals surface area contributed by atoms with E-state index in [4.69, 9.17) is 9.15 Å². The summed E-state index contributed by atoms with van der Waals surface area (Å²) < 4.78 is 26.4. The molecule has 4 rings (SSSR count). The maximum absolute atomic E-state index is 13.4. The molecule has 1 aromatic carbocycles. The summed E-state index contributed by atoms with van der Waals surface area (Å²) in [6.07, 6.45) is 1.60. The van der Waals surface area contributed by atoms with Gasteiger partial charge in [0, 0.05) is 31.0 Å². The number of aromatic nitrogens is 4. The number of morpholine rings is 1. The first-order valence-electron chi connectivity index (χ1n) is 8.83. The van der Waals surface area contributed by atoms with E-state index in [9.17, 15) is 4.39 Å². The van der Waals surface area contributed by atoms with Crippen LogP contribution in [0.4, 0.5) is 10.3 Å². The fourth-order valence-electron chi connectivity index (χ4n) is 2.93. The molecule has 0 unspecified atom stereocenters. The fraction of sp³-hybridized carbons (Fsp3) is 0.389. The van der Waals surface area contributed by atoms with E-state index in [0.29, 0.717) is 30.4 Å². The number of ether oxygens (including phenoxy) is 1. The Hall–Kier alpha value is -2.39. The molecule has 27 heavy (non-hydrogen) atoms. The van der Waals surface area contributed by atoms with Crippen LogP contribution in [0.25, 0.3) is 11.5 Å². The van der Waals surface area contributed by atoms with Gasteiger partial charge in [-0.2, -0.15) is 0 Å². The van der Waals surface area contributed by atoms with E-state index in [1.165, 1.54) is 12.1 Å². The van der Waals surface area contributed by atoms with Crippen LogP contribution in [-0.4, -0.2) is 46.1 Å². The topological polar surface area (TPSA) is 69.2 Å². The lowest BCUT2D eigenvalue weighted by atomic mass is 10.2. The van der Waals surface area contributed by atoms with Gasteiger partial charge in [-0.25, -0.2) is 9.37 Å². The highest BCUT2D eigenvalue weighted by molar-refractivity contribution is 7.98. The molecule has 9 heteroatoms. The van der Waals surface area contributed by atoms with E-state index < -0.39 is 0 Å². The standard InChI is InChI=1S/C18H20FN5O2S/c1-2-24-17(23-6-8-25-9-7-23)21-22-18(24)27-12-15-11-26-16(20-15)13-4-3-5-14(19)10-13/h3-5,10-11H,2,6-9,12H2,1H3. The van der Waals surface area contributed by atoms with E-state index in [2.05, 4.69) is 31.6 Å². The van der Waals surface area contributed by atoms with Crippen molar-refractivity contribution >= 4 is 17.7 Å². The Labute approximate surface area is 160 Å². The predicted octanol–water partition coefficient (Wildman–Crippen LogP) is 3.22. The van der Waals surface area contributed by atoms with Gasteiger partial charge in [0.15, 0.2) is 5.16 Å². The number of rotatable bonds is 6. The normalized spacial score (nSPS) is 14.7. The molecule has 0 amide bonds. The molecule has 2 aromatic heterocycles. The lowest BCUT2D eigenvalue weighted by molar-refractivity contribution is 0.121. The Morgan fingerprint density at radius 3 is 2.85 bits per heavy atom. The minimum atomic E-state index is -0.312. The van der Waals surface area contributed by atoms with Crippen molar-refractivity contribution in [1.29, 1.82) is 0 Å². The molecule has 7 nitrogen and oxygen atoms in total. The van der Waals surface area contributed by atoms with Gasteiger partial charge in [-0.1, -0.05) is 17.8 Å². The van der Waals surface area contributed by atoms with Crippen LogP contribution in [-0.2, 0) is 17.0 Å². The van der Waals surface area contributed by atoms with Gasteiger partial charge >= 0.3 is 0 Å². The summed E-state index contributed by atoms with van der Waals surface area (Å²) in [5.41, 5.74) is 1.40. The minimum absolute atomic E-state index is 0.312. The van der Waals surface area contributed by atoms with Gasteiger partial charge < -0.3 is 14.1 Å². The van der Waals surface area contributed by atoms with E-state index in [1.807, 2.05) is 0 Å². The van der Waals surface area contributed by atoms with Crippen molar-refractivity contribution in [3.05, 3.63) is 42.0 Å². The molecular weight excluding hydrogens is 369 g/mol. The first-order chi connectivity index (χ1) is 13.2. The third kappa shape index (κ3) is 3.98. The Kier molecular flexibility index (Phi) is 5.40. The molecule has 3 heterocycles. The SMILES string of the molecule is CCn1c(SCc2coc(-c3cccc(F)c3)n2)nnc1N1CCOCC1. The number of thioether (sulfide) groups is 1. The summed E-state index contributed by atoms with van der Waals surface area (Å²) in [6, 6.07) is 6.21. The van der Waals surface area contributed by atoms with E-state index >= 15 is 0 Å². The van der Waals surface area contributed by atoms with Crippen LogP contribution in [0.3, 0.4) is 0 Å². The summed E-state index contributed by atoms with van der Waals surface area (Å²) >= 11 is 1.56. The summed E-state index contributed by atoms with van der Waals surface area (Å²) in [4.78, 5) is 6.65. The first-order valence-corrected chi connectivity index (χ1v) is 9.82.